The molecule has 0 saturated carbocycles. The third-order valence-electron chi connectivity index (χ3n) is 4.12. The van der Waals surface area contributed by atoms with Crippen LogP contribution in [0, 0.1) is 0 Å². The average molecular weight is 359 g/mol. The van der Waals surface area contributed by atoms with E-state index >= 15 is 0 Å². The fraction of sp³-hybridized carbons (Fsp3) is 0.368. The van der Waals surface area contributed by atoms with Gasteiger partial charge in [-0.3, -0.25) is 9.59 Å². The second kappa shape index (κ2) is 8.25. The zero-order chi connectivity index (χ0) is 17.6. The minimum atomic E-state index is -0.830. The second-order valence-corrected chi connectivity index (χ2v) is 7.05. The van der Waals surface area contributed by atoms with Crippen LogP contribution in [0.5, 0.6) is 0 Å². The van der Waals surface area contributed by atoms with Crippen molar-refractivity contribution in [3.05, 3.63) is 53.5 Å². The third kappa shape index (κ3) is 4.89. The first kappa shape index (κ1) is 17.6. The molecular weight excluding hydrogens is 338 g/mol. The van der Waals surface area contributed by atoms with Crippen molar-refractivity contribution < 1.29 is 18.7 Å². The lowest BCUT2D eigenvalue weighted by molar-refractivity contribution is -0.152. The predicted octanol–water partition coefficient (Wildman–Crippen LogP) is 3.11. The Hall–Kier alpha value is -2.21. The molecule has 0 aliphatic heterocycles. The Balaban J connectivity index is 1.41. The molecule has 2 aromatic rings. The zero-order valence-corrected chi connectivity index (χ0v) is 14.9. The Morgan fingerprint density at radius 1 is 1.28 bits per heavy atom. The molecular formula is C19H21NO4S. The summed E-state index contributed by atoms with van der Waals surface area (Å²) >= 11 is 1.44. The van der Waals surface area contributed by atoms with Crippen LogP contribution < -0.4 is 5.32 Å². The van der Waals surface area contributed by atoms with Gasteiger partial charge < -0.3 is 14.5 Å². The maximum atomic E-state index is 12.0. The summed E-state index contributed by atoms with van der Waals surface area (Å²) in [5.74, 6) is 0.103. The number of hydrogen-bond donors (Lipinski definition) is 1. The molecule has 6 heteroatoms. The van der Waals surface area contributed by atoms with Crippen molar-refractivity contribution in [3.63, 3.8) is 0 Å². The number of esters is 1. The van der Waals surface area contributed by atoms with Gasteiger partial charge in [-0.1, -0.05) is 6.07 Å². The van der Waals surface area contributed by atoms with Crippen LogP contribution in [0.3, 0.4) is 0 Å². The maximum absolute atomic E-state index is 12.0. The molecule has 1 aliphatic carbocycles. The highest BCUT2D eigenvalue weighted by atomic mass is 32.2. The number of amides is 1. The van der Waals surface area contributed by atoms with Crippen molar-refractivity contribution in [3.8, 4) is 0 Å². The molecule has 0 fully saturated rings. The van der Waals surface area contributed by atoms with Gasteiger partial charge >= 0.3 is 5.97 Å². The molecule has 0 saturated heterocycles. The summed E-state index contributed by atoms with van der Waals surface area (Å²) in [7, 11) is 0. The van der Waals surface area contributed by atoms with Gasteiger partial charge in [0.2, 0.25) is 0 Å². The van der Waals surface area contributed by atoms with Crippen LogP contribution in [0.4, 0.5) is 0 Å². The highest BCUT2D eigenvalue weighted by Gasteiger charge is 2.18. The first-order valence-corrected chi connectivity index (χ1v) is 9.34. The van der Waals surface area contributed by atoms with Gasteiger partial charge in [-0.2, -0.15) is 0 Å². The van der Waals surface area contributed by atoms with E-state index in [1.807, 2.05) is 6.07 Å². The van der Waals surface area contributed by atoms with Crippen LogP contribution in [-0.4, -0.2) is 23.7 Å². The molecule has 25 heavy (non-hydrogen) atoms. The van der Waals surface area contributed by atoms with Crippen LogP contribution in [0.1, 0.15) is 30.2 Å². The number of nitrogens with one attached hydrogen (secondary N) is 1. The molecule has 0 spiro atoms. The molecule has 1 aromatic heterocycles. The smallest absolute Gasteiger partial charge is 0.317 e. The number of furan rings is 1. The van der Waals surface area contributed by atoms with E-state index in [-0.39, 0.29) is 18.2 Å². The number of benzene rings is 1. The summed E-state index contributed by atoms with van der Waals surface area (Å²) in [6.45, 7) is 1.84. The molecule has 1 heterocycles. The van der Waals surface area contributed by atoms with Crippen LogP contribution in [0.2, 0.25) is 0 Å². The molecule has 132 valence electrons. The summed E-state index contributed by atoms with van der Waals surface area (Å²) in [5.41, 5.74) is 2.79. The normalized spacial score (nSPS) is 14.0. The van der Waals surface area contributed by atoms with Crippen molar-refractivity contribution in [2.75, 3.05) is 5.75 Å². The topological polar surface area (TPSA) is 68.5 Å². The van der Waals surface area contributed by atoms with E-state index in [9.17, 15) is 9.59 Å². The van der Waals surface area contributed by atoms with E-state index in [4.69, 9.17) is 9.15 Å². The highest BCUT2D eigenvalue weighted by Crippen LogP contribution is 2.27. The highest BCUT2D eigenvalue weighted by molar-refractivity contribution is 8.00. The number of thioether (sulfide) groups is 1. The number of carbonyl (C=O) groups is 2. The monoisotopic (exact) mass is 359 g/mol. The first-order valence-electron chi connectivity index (χ1n) is 8.36. The number of aryl methyl sites for hydroxylation is 2. The van der Waals surface area contributed by atoms with Crippen molar-refractivity contribution in [2.45, 2.75) is 43.7 Å². The van der Waals surface area contributed by atoms with E-state index in [2.05, 4.69) is 17.4 Å². The fourth-order valence-electron chi connectivity index (χ4n) is 2.80. The van der Waals surface area contributed by atoms with Crippen molar-refractivity contribution in [2.24, 2.45) is 0 Å². The number of fused-ring (bicyclic) bond motifs is 1. The third-order valence-corrected chi connectivity index (χ3v) is 5.09. The van der Waals surface area contributed by atoms with Gasteiger partial charge in [0.05, 0.1) is 18.6 Å². The molecule has 0 unspecified atom stereocenters. The molecule has 1 aromatic carbocycles. The van der Waals surface area contributed by atoms with Gasteiger partial charge in [0.15, 0.2) is 6.10 Å². The number of carbonyl (C=O) groups excluding carboxylic acids is 2. The average Bonchev–Trinajstić information content (AvgIpc) is 3.28. The van der Waals surface area contributed by atoms with Crippen LogP contribution in [0.25, 0.3) is 0 Å². The van der Waals surface area contributed by atoms with E-state index in [1.165, 1.54) is 29.3 Å². The lowest BCUT2D eigenvalue weighted by Gasteiger charge is -2.13. The van der Waals surface area contributed by atoms with Gasteiger partial charge in [-0.15, -0.1) is 11.8 Å². The van der Waals surface area contributed by atoms with Gasteiger partial charge in [0.25, 0.3) is 5.91 Å². The molecule has 3 rings (SSSR count). The predicted molar refractivity (Wildman–Crippen MR) is 95.3 cm³/mol. The minimum Gasteiger partial charge on any atom is -0.467 e. The SMILES string of the molecule is C[C@H](OC(=O)CSc1ccc2c(c1)CCC2)C(=O)NCc1ccco1. The summed E-state index contributed by atoms with van der Waals surface area (Å²) < 4.78 is 10.3. The van der Waals surface area contributed by atoms with Gasteiger partial charge in [0, 0.05) is 4.90 Å². The second-order valence-electron chi connectivity index (χ2n) is 6.00. The van der Waals surface area contributed by atoms with E-state index in [1.54, 1.807) is 25.3 Å². The molecule has 1 N–H and O–H groups in total. The van der Waals surface area contributed by atoms with Crippen molar-refractivity contribution in [1.29, 1.82) is 0 Å². The summed E-state index contributed by atoms with van der Waals surface area (Å²) in [6, 6.07) is 9.85. The van der Waals surface area contributed by atoms with Gasteiger partial charge in [-0.25, -0.2) is 0 Å². The Kier molecular flexibility index (Phi) is 5.81. The fourth-order valence-corrected chi connectivity index (χ4v) is 3.54. The Morgan fingerprint density at radius 2 is 2.12 bits per heavy atom. The summed E-state index contributed by atoms with van der Waals surface area (Å²) in [5, 5.41) is 2.68. The Bertz CT molecular complexity index is 742. The Labute approximate surface area is 151 Å². The lowest BCUT2D eigenvalue weighted by atomic mass is 10.1. The van der Waals surface area contributed by atoms with Crippen LogP contribution in [0.15, 0.2) is 45.9 Å². The number of rotatable bonds is 7. The van der Waals surface area contributed by atoms with E-state index < -0.39 is 12.1 Å². The molecule has 0 bridgehead atoms. The zero-order valence-electron chi connectivity index (χ0n) is 14.1. The Morgan fingerprint density at radius 3 is 2.92 bits per heavy atom. The maximum Gasteiger partial charge on any atom is 0.317 e. The molecule has 1 atom stereocenters. The summed E-state index contributed by atoms with van der Waals surface area (Å²) in [6.07, 6.45) is 4.17. The molecule has 5 nitrogen and oxygen atoms in total. The number of ether oxygens (including phenoxy) is 1. The standard InChI is InChI=1S/C19H21NO4S/c1-13(19(22)20-11-16-6-3-9-23-16)24-18(21)12-25-17-8-7-14-4-2-5-15(14)10-17/h3,6-10,13H,2,4-5,11-12H2,1H3,(H,20,22)/t13-/m0/s1. The first-order chi connectivity index (χ1) is 12.1. The van der Waals surface area contributed by atoms with Crippen molar-refractivity contribution in [1.82, 2.24) is 5.32 Å². The number of hydrogen-bond acceptors (Lipinski definition) is 5. The molecule has 1 amide bonds. The summed E-state index contributed by atoms with van der Waals surface area (Å²) in [4.78, 5) is 25.0. The van der Waals surface area contributed by atoms with Crippen molar-refractivity contribution >= 4 is 23.6 Å². The molecule has 1 aliphatic rings. The quantitative estimate of drug-likeness (QED) is 0.608. The van der Waals surface area contributed by atoms with E-state index in [0.29, 0.717) is 5.76 Å². The largest absolute Gasteiger partial charge is 0.467 e. The van der Waals surface area contributed by atoms with E-state index in [0.717, 1.165) is 17.7 Å². The lowest BCUT2D eigenvalue weighted by Crippen LogP contribution is -2.35. The van der Waals surface area contributed by atoms with Crippen LogP contribution >= 0.6 is 11.8 Å². The van der Waals surface area contributed by atoms with Gasteiger partial charge in [-0.05, 0) is 61.6 Å². The van der Waals surface area contributed by atoms with Crippen LogP contribution in [-0.2, 0) is 33.7 Å². The minimum absolute atomic E-state index is 0.189. The molecule has 0 radical (unpaired) electrons. The van der Waals surface area contributed by atoms with Gasteiger partial charge in [0.1, 0.15) is 5.76 Å².